The number of piperidine rings is 1. The first-order valence-electron chi connectivity index (χ1n) is 12.3. The second-order valence-corrected chi connectivity index (χ2v) is 13.4. The Morgan fingerprint density at radius 2 is 1.75 bits per heavy atom. The van der Waals surface area contributed by atoms with Crippen molar-refractivity contribution in [3.63, 3.8) is 0 Å². The van der Waals surface area contributed by atoms with Crippen molar-refractivity contribution in [1.82, 2.24) is 14.9 Å². The van der Waals surface area contributed by atoms with Gasteiger partial charge in [-0.15, -0.1) is 0 Å². The Bertz CT molecular complexity index is 1420. The van der Waals surface area contributed by atoms with Crippen molar-refractivity contribution in [2.24, 2.45) is 0 Å². The number of aromatic amines is 1. The van der Waals surface area contributed by atoms with E-state index in [-0.39, 0.29) is 5.82 Å². The first-order chi connectivity index (χ1) is 17.2. The topological polar surface area (TPSA) is 64.3 Å². The van der Waals surface area contributed by atoms with Crippen LogP contribution in [-0.2, 0) is 4.57 Å². The molecule has 2 aromatic carbocycles. The molecule has 36 heavy (non-hydrogen) atoms. The maximum atomic E-state index is 14.0. The smallest absolute Gasteiger partial charge is 0.139 e. The molecule has 8 heteroatoms. The summed E-state index contributed by atoms with van der Waals surface area (Å²) in [6.45, 7) is 5.52. The third-order valence-corrected chi connectivity index (χ3v) is 8.63. The quantitative estimate of drug-likeness (QED) is 0.320. The lowest BCUT2D eigenvalue weighted by Crippen LogP contribution is -2.41. The molecule has 1 saturated heterocycles. The minimum atomic E-state index is -2.60. The molecule has 1 aliphatic heterocycles. The van der Waals surface area contributed by atoms with Crippen LogP contribution < -0.4 is 15.5 Å². The SMILES string of the molecule is CN(C)C1CCN(c2ccc(-c3cc4c(Nc5cc(F)ccc5P(C)(C)=O)ccnc4[nH]3)cc2)CC1. The fourth-order valence-corrected chi connectivity index (χ4v) is 6.14. The lowest BCUT2D eigenvalue weighted by Gasteiger charge is -2.36. The third kappa shape index (κ3) is 5.04. The van der Waals surface area contributed by atoms with Crippen LogP contribution in [0.25, 0.3) is 22.3 Å². The third-order valence-electron chi connectivity index (χ3n) is 7.08. The van der Waals surface area contributed by atoms with Crippen LogP contribution in [0, 0.1) is 5.82 Å². The molecule has 0 spiro atoms. The van der Waals surface area contributed by atoms with E-state index < -0.39 is 7.14 Å². The fraction of sp³-hybridized carbons (Fsp3) is 0.321. The molecule has 5 rings (SSSR count). The monoisotopic (exact) mass is 505 g/mol. The molecule has 1 fully saturated rings. The molecule has 0 amide bonds. The Labute approximate surface area is 211 Å². The van der Waals surface area contributed by atoms with E-state index in [0.717, 1.165) is 41.1 Å². The summed E-state index contributed by atoms with van der Waals surface area (Å²) in [4.78, 5) is 12.7. The number of hydrogen-bond donors (Lipinski definition) is 2. The summed E-state index contributed by atoms with van der Waals surface area (Å²) in [6.07, 6.45) is 4.06. The van der Waals surface area contributed by atoms with Crippen molar-refractivity contribution in [2.75, 3.05) is 50.7 Å². The Balaban J connectivity index is 1.40. The van der Waals surface area contributed by atoms with Gasteiger partial charge in [-0.05, 0) is 88.3 Å². The van der Waals surface area contributed by atoms with Crippen LogP contribution in [0.2, 0.25) is 0 Å². The van der Waals surface area contributed by atoms with Crippen LogP contribution in [0.3, 0.4) is 0 Å². The minimum absolute atomic E-state index is 0.374. The van der Waals surface area contributed by atoms with Gasteiger partial charge in [0.15, 0.2) is 0 Å². The number of hydrogen-bond acceptors (Lipinski definition) is 5. The van der Waals surface area contributed by atoms with Gasteiger partial charge >= 0.3 is 0 Å². The number of benzene rings is 2. The van der Waals surface area contributed by atoms with Gasteiger partial charge < -0.3 is 24.7 Å². The van der Waals surface area contributed by atoms with Crippen molar-refractivity contribution >= 4 is 40.5 Å². The Morgan fingerprint density at radius 3 is 2.42 bits per heavy atom. The molecule has 2 N–H and O–H groups in total. The van der Waals surface area contributed by atoms with Gasteiger partial charge in [0.2, 0.25) is 0 Å². The van der Waals surface area contributed by atoms with Crippen LogP contribution in [-0.4, -0.2) is 61.4 Å². The molecule has 0 unspecified atom stereocenters. The predicted octanol–water partition coefficient (Wildman–Crippen LogP) is 5.89. The standard InChI is InChI=1S/C28H33FN5OP/c1-33(2)21-12-15-34(16-13-21)22-8-5-19(6-9-22)25-18-23-24(11-14-30-28(23)32-25)31-26-17-20(29)7-10-27(26)36(3,4)35/h5-11,14,17-18,21H,12-13,15-16H2,1-4H3,(H2,30,31,32). The summed E-state index contributed by atoms with van der Waals surface area (Å²) in [6, 6.07) is 17.6. The van der Waals surface area contributed by atoms with E-state index in [4.69, 9.17) is 0 Å². The van der Waals surface area contributed by atoms with Crippen LogP contribution in [0.4, 0.5) is 21.5 Å². The summed E-state index contributed by atoms with van der Waals surface area (Å²) < 4.78 is 26.8. The molecular formula is C28H33FN5OP. The summed E-state index contributed by atoms with van der Waals surface area (Å²) in [5.41, 5.74) is 5.31. The van der Waals surface area contributed by atoms with E-state index in [0.29, 0.717) is 17.0 Å². The van der Waals surface area contributed by atoms with Gasteiger partial charge in [-0.3, -0.25) is 0 Å². The zero-order valence-electron chi connectivity index (χ0n) is 21.3. The van der Waals surface area contributed by atoms with Gasteiger partial charge in [0.25, 0.3) is 0 Å². The lowest BCUT2D eigenvalue weighted by molar-refractivity contribution is 0.249. The van der Waals surface area contributed by atoms with Crippen molar-refractivity contribution in [1.29, 1.82) is 0 Å². The average Bonchev–Trinajstić information content (AvgIpc) is 3.29. The van der Waals surface area contributed by atoms with E-state index >= 15 is 0 Å². The number of pyridine rings is 1. The van der Waals surface area contributed by atoms with Gasteiger partial charge in [0, 0.05) is 47.4 Å². The Hall–Kier alpha value is -3.15. The molecule has 1 aliphatic rings. The number of nitrogens with one attached hydrogen (secondary N) is 2. The molecule has 0 aliphatic carbocycles. The Morgan fingerprint density at radius 1 is 1.03 bits per heavy atom. The fourth-order valence-electron chi connectivity index (χ4n) is 5.01. The maximum Gasteiger partial charge on any atom is 0.139 e. The molecule has 0 radical (unpaired) electrons. The zero-order valence-corrected chi connectivity index (χ0v) is 22.1. The molecule has 0 atom stereocenters. The van der Waals surface area contributed by atoms with E-state index in [9.17, 15) is 8.96 Å². The van der Waals surface area contributed by atoms with Crippen molar-refractivity contribution in [3.8, 4) is 11.3 Å². The van der Waals surface area contributed by atoms with Crippen LogP contribution in [0.15, 0.2) is 60.8 Å². The van der Waals surface area contributed by atoms with E-state index in [2.05, 4.69) is 69.5 Å². The molecule has 4 aromatic rings. The molecule has 2 aromatic heterocycles. The minimum Gasteiger partial charge on any atom is -0.371 e. The highest BCUT2D eigenvalue weighted by Gasteiger charge is 2.21. The highest BCUT2D eigenvalue weighted by molar-refractivity contribution is 7.70. The summed E-state index contributed by atoms with van der Waals surface area (Å²) >= 11 is 0. The van der Waals surface area contributed by atoms with E-state index in [1.54, 1.807) is 25.6 Å². The number of halogens is 1. The Kier molecular flexibility index (Phi) is 6.62. The van der Waals surface area contributed by atoms with Crippen molar-refractivity contribution < 1.29 is 8.96 Å². The van der Waals surface area contributed by atoms with Gasteiger partial charge in [0.05, 0.1) is 11.4 Å². The maximum absolute atomic E-state index is 14.0. The average molecular weight is 506 g/mol. The van der Waals surface area contributed by atoms with Gasteiger partial charge in [0.1, 0.15) is 18.6 Å². The summed E-state index contributed by atoms with van der Waals surface area (Å²) in [5.74, 6) is -0.374. The number of fused-ring (bicyclic) bond motifs is 1. The zero-order chi connectivity index (χ0) is 25.4. The number of nitrogens with zero attached hydrogens (tertiary/aromatic N) is 3. The second kappa shape index (κ2) is 9.72. The highest BCUT2D eigenvalue weighted by Crippen LogP contribution is 2.39. The molecule has 0 bridgehead atoms. The molecule has 6 nitrogen and oxygen atoms in total. The number of anilines is 3. The molecular weight excluding hydrogens is 472 g/mol. The van der Waals surface area contributed by atoms with E-state index in [1.165, 1.54) is 30.7 Å². The first-order valence-corrected chi connectivity index (χ1v) is 14.9. The summed E-state index contributed by atoms with van der Waals surface area (Å²) in [5, 5.41) is 4.82. The highest BCUT2D eigenvalue weighted by atomic mass is 31.2. The van der Waals surface area contributed by atoms with Crippen LogP contribution in [0.5, 0.6) is 0 Å². The van der Waals surface area contributed by atoms with Crippen LogP contribution >= 0.6 is 7.14 Å². The lowest BCUT2D eigenvalue weighted by atomic mass is 10.0. The molecule has 188 valence electrons. The predicted molar refractivity (Wildman–Crippen MR) is 149 cm³/mol. The first kappa shape index (κ1) is 24.5. The van der Waals surface area contributed by atoms with Gasteiger partial charge in [-0.2, -0.15) is 0 Å². The molecule has 3 heterocycles. The number of aromatic nitrogens is 2. The van der Waals surface area contributed by atoms with E-state index in [1.807, 2.05) is 6.07 Å². The number of H-pyrrole nitrogens is 1. The molecule has 0 saturated carbocycles. The van der Waals surface area contributed by atoms with Crippen molar-refractivity contribution in [3.05, 3.63) is 66.6 Å². The largest absolute Gasteiger partial charge is 0.371 e. The summed E-state index contributed by atoms with van der Waals surface area (Å²) in [7, 11) is 1.72. The van der Waals surface area contributed by atoms with Gasteiger partial charge in [-0.25, -0.2) is 9.37 Å². The van der Waals surface area contributed by atoms with Crippen LogP contribution in [0.1, 0.15) is 12.8 Å². The van der Waals surface area contributed by atoms with Crippen molar-refractivity contribution in [2.45, 2.75) is 18.9 Å². The van der Waals surface area contributed by atoms with Gasteiger partial charge in [-0.1, -0.05) is 12.1 Å². The normalized spacial score (nSPS) is 15.1. The number of rotatable bonds is 6. The second-order valence-electron chi connectivity index (χ2n) is 10.2.